The normalized spacial score (nSPS) is 12.7. The largest absolute Gasteiger partial charge is 0.475 e. The van der Waals surface area contributed by atoms with Crippen LogP contribution in [0.3, 0.4) is 0 Å². The molecule has 0 aromatic carbocycles. The van der Waals surface area contributed by atoms with Crippen LogP contribution in [0, 0.1) is 11.8 Å². The molecular formula is C23H31N7O5. The molecule has 0 spiro atoms. The fourth-order valence-electron chi connectivity index (χ4n) is 3.08. The second kappa shape index (κ2) is 9.79. The van der Waals surface area contributed by atoms with Gasteiger partial charge in [0.2, 0.25) is 5.88 Å². The molecule has 3 heterocycles. The molecule has 3 rings (SSSR count). The lowest BCUT2D eigenvalue weighted by Crippen LogP contribution is -2.40. The maximum Gasteiger partial charge on any atom is 0.407 e. The molecule has 4 N–H and O–H groups in total. The van der Waals surface area contributed by atoms with Crippen molar-refractivity contribution in [1.29, 1.82) is 0 Å². The zero-order valence-electron chi connectivity index (χ0n) is 21.0. The van der Waals surface area contributed by atoms with E-state index in [1.165, 1.54) is 0 Å². The Kier molecular flexibility index (Phi) is 7.21. The SMILES string of the molecule is CCn1c(-c2nonc2N)nc2c(C#CC(C)(C)O)nc(OC[C@H](C)NC(=O)OC(C)(C)C)cc21. The molecule has 0 saturated heterocycles. The molecule has 0 fully saturated rings. The molecular weight excluding hydrogens is 454 g/mol. The number of pyridine rings is 1. The van der Waals surface area contributed by atoms with Crippen LogP contribution in [-0.4, -0.2) is 59.9 Å². The highest BCUT2D eigenvalue weighted by molar-refractivity contribution is 5.86. The number of carbonyl (C=O) groups excluding carboxylic acids is 1. The number of alkyl carbamates (subject to hydrolysis) is 1. The van der Waals surface area contributed by atoms with E-state index < -0.39 is 17.3 Å². The van der Waals surface area contributed by atoms with Gasteiger partial charge in [-0.1, -0.05) is 5.92 Å². The van der Waals surface area contributed by atoms with Crippen molar-refractivity contribution in [3.63, 3.8) is 0 Å². The van der Waals surface area contributed by atoms with Gasteiger partial charge in [-0.25, -0.2) is 19.4 Å². The highest BCUT2D eigenvalue weighted by Gasteiger charge is 2.22. The molecule has 3 aromatic heterocycles. The molecule has 12 heteroatoms. The van der Waals surface area contributed by atoms with Crippen molar-refractivity contribution in [1.82, 2.24) is 30.2 Å². The fraction of sp³-hybridized carbons (Fsp3) is 0.522. The van der Waals surface area contributed by atoms with Gasteiger partial charge in [0.1, 0.15) is 29.0 Å². The summed E-state index contributed by atoms with van der Waals surface area (Å²) in [4.78, 5) is 21.2. The van der Waals surface area contributed by atoms with E-state index in [0.717, 1.165) is 0 Å². The van der Waals surface area contributed by atoms with Crippen molar-refractivity contribution in [3.05, 3.63) is 11.8 Å². The summed E-state index contributed by atoms with van der Waals surface area (Å²) in [5.41, 5.74) is 5.79. The molecule has 0 aliphatic carbocycles. The van der Waals surface area contributed by atoms with E-state index in [1.54, 1.807) is 47.6 Å². The molecule has 0 aliphatic heterocycles. The van der Waals surface area contributed by atoms with Gasteiger partial charge in [0.25, 0.3) is 0 Å². The zero-order chi connectivity index (χ0) is 26.0. The molecule has 12 nitrogen and oxygen atoms in total. The Morgan fingerprint density at radius 2 is 2.00 bits per heavy atom. The van der Waals surface area contributed by atoms with Crippen molar-refractivity contribution in [2.75, 3.05) is 12.3 Å². The molecule has 0 unspecified atom stereocenters. The van der Waals surface area contributed by atoms with Crippen molar-refractivity contribution in [3.8, 4) is 29.2 Å². The minimum atomic E-state index is -1.24. The second-order valence-electron chi connectivity index (χ2n) is 9.52. The molecule has 0 radical (unpaired) electrons. The van der Waals surface area contributed by atoms with Gasteiger partial charge in [-0.05, 0) is 64.7 Å². The first-order valence-electron chi connectivity index (χ1n) is 11.1. The number of fused-ring (bicyclic) bond motifs is 1. The van der Waals surface area contributed by atoms with E-state index in [-0.39, 0.29) is 24.3 Å². The lowest BCUT2D eigenvalue weighted by Gasteiger charge is -2.22. The van der Waals surface area contributed by atoms with Crippen LogP contribution in [0.25, 0.3) is 22.6 Å². The predicted octanol–water partition coefficient (Wildman–Crippen LogP) is 2.50. The van der Waals surface area contributed by atoms with E-state index >= 15 is 0 Å². The number of aliphatic hydroxyl groups is 1. The molecule has 3 aromatic rings. The fourth-order valence-corrected chi connectivity index (χ4v) is 3.08. The van der Waals surface area contributed by atoms with Crippen molar-refractivity contribution < 1.29 is 24.0 Å². The molecule has 1 amide bonds. The van der Waals surface area contributed by atoms with Crippen LogP contribution in [-0.2, 0) is 11.3 Å². The number of aromatic nitrogens is 5. The minimum Gasteiger partial charge on any atom is -0.475 e. The number of hydrogen-bond donors (Lipinski definition) is 3. The Morgan fingerprint density at radius 3 is 2.57 bits per heavy atom. The van der Waals surface area contributed by atoms with E-state index in [2.05, 4.69) is 37.4 Å². The molecule has 0 bridgehead atoms. The number of rotatable bonds is 6. The summed E-state index contributed by atoms with van der Waals surface area (Å²) in [7, 11) is 0. The number of hydrogen-bond acceptors (Lipinski definition) is 10. The molecule has 0 saturated carbocycles. The summed E-state index contributed by atoms with van der Waals surface area (Å²) < 4.78 is 17.8. The number of anilines is 1. The highest BCUT2D eigenvalue weighted by Crippen LogP contribution is 2.29. The quantitative estimate of drug-likeness (QED) is 0.442. The summed E-state index contributed by atoms with van der Waals surface area (Å²) in [6.07, 6.45) is -0.541. The second-order valence-corrected chi connectivity index (χ2v) is 9.52. The van der Waals surface area contributed by atoms with Crippen LogP contribution in [0.15, 0.2) is 10.7 Å². The lowest BCUT2D eigenvalue weighted by atomic mass is 10.1. The highest BCUT2D eigenvalue weighted by atomic mass is 16.6. The van der Waals surface area contributed by atoms with Gasteiger partial charge in [-0.15, -0.1) is 0 Å². The third-order valence-corrected chi connectivity index (χ3v) is 4.49. The van der Waals surface area contributed by atoms with Gasteiger partial charge in [-0.3, -0.25) is 0 Å². The van der Waals surface area contributed by atoms with Crippen LogP contribution in [0.1, 0.15) is 54.2 Å². The van der Waals surface area contributed by atoms with Gasteiger partial charge in [-0.2, -0.15) is 0 Å². The van der Waals surface area contributed by atoms with Crippen molar-refractivity contribution >= 4 is 22.9 Å². The smallest absolute Gasteiger partial charge is 0.407 e. The number of nitrogen functional groups attached to an aromatic ring is 1. The monoisotopic (exact) mass is 485 g/mol. The Balaban J connectivity index is 1.97. The number of imidazole rings is 1. The molecule has 188 valence electrons. The first-order chi connectivity index (χ1) is 16.3. The third kappa shape index (κ3) is 6.60. The molecule has 35 heavy (non-hydrogen) atoms. The number of nitrogens with one attached hydrogen (secondary N) is 1. The standard InChI is InChI=1S/C23H31N7O5/c1-8-30-15-11-16(33-12-13(2)25-21(31)34-22(3,4)5)26-14(9-10-23(6,7)32)17(15)27-20(30)18-19(24)29-35-28-18/h11,13,32H,8,12H2,1-7H3,(H2,24,29)(H,25,31)/t13-/m0/s1. The van der Waals surface area contributed by atoms with Crippen molar-refractivity contribution in [2.45, 2.75) is 72.3 Å². The molecule has 1 atom stereocenters. The number of ether oxygens (including phenoxy) is 2. The summed E-state index contributed by atoms with van der Waals surface area (Å²) >= 11 is 0. The van der Waals surface area contributed by atoms with Crippen LogP contribution >= 0.6 is 0 Å². The van der Waals surface area contributed by atoms with Gasteiger partial charge in [0.15, 0.2) is 17.3 Å². The summed E-state index contributed by atoms with van der Waals surface area (Å²) in [5.74, 6) is 6.45. The lowest BCUT2D eigenvalue weighted by molar-refractivity contribution is 0.0493. The Morgan fingerprint density at radius 1 is 1.29 bits per heavy atom. The van der Waals surface area contributed by atoms with Gasteiger partial charge < -0.3 is 30.2 Å². The number of nitrogens with zero attached hydrogens (tertiary/aromatic N) is 5. The molecule has 0 aliphatic rings. The van der Waals surface area contributed by atoms with Gasteiger partial charge in [0.05, 0.1) is 11.6 Å². The maximum absolute atomic E-state index is 12.0. The number of nitrogens with two attached hydrogens (primary N) is 1. The number of amides is 1. The first kappa shape index (κ1) is 25.8. The van der Waals surface area contributed by atoms with Crippen LogP contribution in [0.2, 0.25) is 0 Å². The summed E-state index contributed by atoms with van der Waals surface area (Å²) in [6.45, 7) is 12.9. The van der Waals surface area contributed by atoms with Crippen LogP contribution < -0.4 is 15.8 Å². The Bertz CT molecular complexity index is 1270. The topological polar surface area (TPSA) is 163 Å². The number of aryl methyl sites for hydroxylation is 1. The zero-order valence-corrected chi connectivity index (χ0v) is 21.0. The first-order valence-corrected chi connectivity index (χ1v) is 11.1. The predicted molar refractivity (Wildman–Crippen MR) is 128 cm³/mol. The summed E-state index contributed by atoms with van der Waals surface area (Å²) in [6, 6.07) is 1.36. The Hall–Kier alpha value is -3.85. The van der Waals surface area contributed by atoms with Crippen LogP contribution in [0.5, 0.6) is 5.88 Å². The number of carbonyl (C=O) groups is 1. The van der Waals surface area contributed by atoms with Gasteiger partial charge >= 0.3 is 6.09 Å². The van der Waals surface area contributed by atoms with E-state index in [1.807, 2.05) is 11.5 Å². The van der Waals surface area contributed by atoms with E-state index in [9.17, 15) is 9.90 Å². The van der Waals surface area contributed by atoms with Crippen molar-refractivity contribution in [2.24, 2.45) is 0 Å². The van der Waals surface area contributed by atoms with E-state index in [4.69, 9.17) is 19.8 Å². The maximum atomic E-state index is 12.0. The minimum absolute atomic E-state index is 0.102. The van der Waals surface area contributed by atoms with Crippen LogP contribution in [0.4, 0.5) is 10.6 Å². The van der Waals surface area contributed by atoms with E-state index in [0.29, 0.717) is 34.8 Å². The average molecular weight is 486 g/mol. The Labute approximate surface area is 203 Å². The van der Waals surface area contributed by atoms with Gasteiger partial charge in [0, 0.05) is 12.6 Å². The third-order valence-electron chi connectivity index (χ3n) is 4.49. The average Bonchev–Trinajstić information content (AvgIpc) is 3.30. The summed E-state index contributed by atoms with van der Waals surface area (Å²) in [5, 5.41) is 20.3.